The summed E-state index contributed by atoms with van der Waals surface area (Å²) in [6, 6.07) is 11.9. The van der Waals surface area contributed by atoms with E-state index in [9.17, 15) is 0 Å². The molecule has 23 heavy (non-hydrogen) atoms. The van der Waals surface area contributed by atoms with E-state index in [1.165, 1.54) is 16.9 Å². The van der Waals surface area contributed by atoms with Gasteiger partial charge in [0, 0.05) is 25.0 Å². The molecule has 3 rings (SSSR count). The highest BCUT2D eigenvalue weighted by Crippen LogP contribution is 2.11. The normalized spacial score (nSPS) is 9.13. The smallest absolute Gasteiger partial charge is 0.144 e. The van der Waals surface area contributed by atoms with Gasteiger partial charge in [-0.3, -0.25) is 4.68 Å². The van der Waals surface area contributed by atoms with Gasteiger partial charge in [0.25, 0.3) is 0 Å². The zero-order valence-corrected chi connectivity index (χ0v) is 13.4. The molecule has 0 aliphatic carbocycles. The fraction of sp³-hybridized carbons (Fsp3) is 0.0667. The Morgan fingerprint density at radius 3 is 2.09 bits per heavy atom. The Morgan fingerprint density at radius 2 is 1.83 bits per heavy atom. The molecule has 0 amide bonds. The molecule has 0 fully saturated rings. The van der Waals surface area contributed by atoms with Crippen LogP contribution in [0.3, 0.4) is 0 Å². The minimum absolute atomic E-state index is 0.213. The summed E-state index contributed by atoms with van der Waals surface area (Å²) in [5, 5.41) is 13.1. The summed E-state index contributed by atoms with van der Waals surface area (Å²) in [6.07, 6.45) is 3.18. The van der Waals surface area contributed by atoms with E-state index in [0.717, 1.165) is 0 Å². The van der Waals surface area contributed by atoms with Crippen molar-refractivity contribution in [3.8, 4) is 5.75 Å². The Kier molecular flexibility index (Phi) is 7.22. The third-order valence-corrected chi connectivity index (χ3v) is 2.74. The molecule has 0 unspecified atom stereocenters. The molecular formula is C15H19ClN6O. The lowest BCUT2D eigenvalue weighted by Crippen LogP contribution is -1.98. The molecule has 1 aromatic carbocycles. The number of anilines is 3. The van der Waals surface area contributed by atoms with Crippen molar-refractivity contribution in [2.24, 2.45) is 7.05 Å². The molecule has 0 aliphatic heterocycles. The summed E-state index contributed by atoms with van der Waals surface area (Å²) in [5.74, 6) is 0.731. The monoisotopic (exact) mass is 334 g/mol. The summed E-state index contributed by atoms with van der Waals surface area (Å²) >= 11 is 5.43. The number of hydrogen-bond acceptors (Lipinski definition) is 6. The Labute approximate surface area is 139 Å². The maximum absolute atomic E-state index is 8.73. The molecule has 2 aromatic heterocycles. The number of pyridine rings is 1. The number of phenols is 1. The topological polar surface area (TPSA) is 129 Å². The van der Waals surface area contributed by atoms with Crippen LogP contribution in [0.4, 0.5) is 17.2 Å². The highest BCUT2D eigenvalue weighted by Gasteiger charge is 1.95. The molecule has 3 aromatic rings. The van der Waals surface area contributed by atoms with Gasteiger partial charge in [-0.1, -0.05) is 23.7 Å². The first-order chi connectivity index (χ1) is 10.9. The second kappa shape index (κ2) is 9.16. The van der Waals surface area contributed by atoms with Gasteiger partial charge >= 0.3 is 0 Å². The molecule has 7 N–H and O–H groups in total. The maximum Gasteiger partial charge on any atom is 0.144 e. The van der Waals surface area contributed by atoms with E-state index in [1.807, 2.05) is 12.1 Å². The van der Waals surface area contributed by atoms with Crippen LogP contribution in [0.5, 0.6) is 5.75 Å². The average molecular weight is 335 g/mol. The summed E-state index contributed by atoms with van der Waals surface area (Å²) in [7, 11) is 1.74. The van der Waals surface area contributed by atoms with E-state index in [2.05, 4.69) is 10.1 Å². The van der Waals surface area contributed by atoms with E-state index in [0.29, 0.717) is 22.3 Å². The van der Waals surface area contributed by atoms with Crippen molar-refractivity contribution in [2.45, 2.75) is 0 Å². The molecule has 0 radical (unpaired) electrons. The van der Waals surface area contributed by atoms with Crippen LogP contribution in [0.1, 0.15) is 0 Å². The van der Waals surface area contributed by atoms with Gasteiger partial charge in [0.1, 0.15) is 16.7 Å². The second-order valence-corrected chi connectivity index (χ2v) is 4.74. The van der Waals surface area contributed by atoms with Gasteiger partial charge in [-0.2, -0.15) is 5.10 Å². The molecule has 0 spiro atoms. The van der Waals surface area contributed by atoms with E-state index in [-0.39, 0.29) is 5.75 Å². The second-order valence-electron chi connectivity index (χ2n) is 4.36. The molecule has 0 atom stereocenters. The maximum atomic E-state index is 8.73. The van der Waals surface area contributed by atoms with Gasteiger partial charge in [0.15, 0.2) is 0 Å². The van der Waals surface area contributed by atoms with Crippen LogP contribution < -0.4 is 17.2 Å². The number of benzene rings is 1. The number of rotatable bonds is 0. The summed E-state index contributed by atoms with van der Waals surface area (Å²) in [4.78, 5) is 3.74. The SMILES string of the molecule is Clc1ccccn1.Cn1ncc(N)c1N.Nc1cccc(O)c1. The van der Waals surface area contributed by atoms with Crippen molar-refractivity contribution in [1.29, 1.82) is 0 Å². The zero-order chi connectivity index (χ0) is 17.2. The number of phenolic OH excluding ortho intramolecular Hbond substituents is 1. The summed E-state index contributed by atoms with van der Waals surface area (Å²) < 4.78 is 1.52. The average Bonchev–Trinajstić information content (AvgIpc) is 2.80. The molecule has 0 saturated carbocycles. The van der Waals surface area contributed by atoms with Crippen LogP contribution in [-0.4, -0.2) is 19.9 Å². The number of aromatic nitrogens is 3. The number of halogens is 1. The predicted molar refractivity (Wildman–Crippen MR) is 93.8 cm³/mol. The Balaban J connectivity index is 0.000000173. The minimum atomic E-state index is 0.213. The Bertz CT molecular complexity index is 680. The van der Waals surface area contributed by atoms with Crippen molar-refractivity contribution in [3.63, 3.8) is 0 Å². The van der Waals surface area contributed by atoms with Crippen LogP contribution in [0.15, 0.2) is 54.9 Å². The molecule has 2 heterocycles. The lowest BCUT2D eigenvalue weighted by molar-refractivity contribution is 0.475. The molecule has 0 saturated heterocycles. The van der Waals surface area contributed by atoms with Gasteiger partial charge in [0.2, 0.25) is 0 Å². The third kappa shape index (κ3) is 7.05. The number of nitrogen functional groups attached to an aromatic ring is 3. The van der Waals surface area contributed by atoms with Crippen LogP contribution in [0.2, 0.25) is 5.15 Å². The first-order valence-corrected chi connectivity index (χ1v) is 6.92. The highest BCUT2D eigenvalue weighted by atomic mass is 35.5. The minimum Gasteiger partial charge on any atom is -0.508 e. The number of hydrogen-bond donors (Lipinski definition) is 4. The zero-order valence-electron chi connectivity index (χ0n) is 12.6. The van der Waals surface area contributed by atoms with E-state index < -0.39 is 0 Å². The van der Waals surface area contributed by atoms with E-state index in [4.69, 9.17) is 33.9 Å². The van der Waals surface area contributed by atoms with Crippen molar-refractivity contribution in [3.05, 3.63) is 60.0 Å². The van der Waals surface area contributed by atoms with Crippen LogP contribution >= 0.6 is 11.6 Å². The summed E-state index contributed by atoms with van der Waals surface area (Å²) in [6.45, 7) is 0. The third-order valence-electron chi connectivity index (χ3n) is 2.51. The molecule has 0 bridgehead atoms. The van der Waals surface area contributed by atoms with Gasteiger partial charge in [-0.15, -0.1) is 0 Å². The van der Waals surface area contributed by atoms with Crippen molar-refractivity contribution in [1.82, 2.24) is 14.8 Å². The number of nitrogens with two attached hydrogens (primary N) is 3. The highest BCUT2D eigenvalue weighted by molar-refractivity contribution is 6.29. The van der Waals surface area contributed by atoms with Crippen LogP contribution in [0, 0.1) is 0 Å². The van der Waals surface area contributed by atoms with E-state index >= 15 is 0 Å². The lowest BCUT2D eigenvalue weighted by Gasteiger charge is -1.90. The molecular weight excluding hydrogens is 316 g/mol. The van der Waals surface area contributed by atoms with Crippen molar-refractivity contribution < 1.29 is 5.11 Å². The largest absolute Gasteiger partial charge is 0.508 e. The van der Waals surface area contributed by atoms with Gasteiger partial charge in [-0.25, -0.2) is 4.98 Å². The fourth-order valence-corrected chi connectivity index (χ4v) is 1.46. The van der Waals surface area contributed by atoms with E-state index in [1.54, 1.807) is 37.5 Å². The fourth-order valence-electron chi connectivity index (χ4n) is 1.33. The first kappa shape index (κ1) is 18.1. The summed E-state index contributed by atoms with van der Waals surface area (Å²) in [5.41, 5.74) is 17.1. The van der Waals surface area contributed by atoms with Crippen LogP contribution in [-0.2, 0) is 7.05 Å². The van der Waals surface area contributed by atoms with Crippen molar-refractivity contribution in [2.75, 3.05) is 17.2 Å². The van der Waals surface area contributed by atoms with Crippen LogP contribution in [0.25, 0.3) is 0 Å². The number of nitrogens with zero attached hydrogens (tertiary/aromatic N) is 3. The van der Waals surface area contributed by atoms with Gasteiger partial charge in [-0.05, 0) is 24.3 Å². The quantitative estimate of drug-likeness (QED) is 0.369. The molecule has 8 heteroatoms. The van der Waals surface area contributed by atoms with Gasteiger partial charge < -0.3 is 22.3 Å². The molecule has 0 aliphatic rings. The molecule has 7 nitrogen and oxygen atoms in total. The van der Waals surface area contributed by atoms with Crippen molar-refractivity contribution >= 4 is 28.8 Å². The predicted octanol–water partition coefficient (Wildman–Crippen LogP) is 2.29. The van der Waals surface area contributed by atoms with Gasteiger partial charge in [0.05, 0.1) is 11.9 Å². The Morgan fingerprint density at radius 1 is 1.09 bits per heavy atom. The first-order valence-electron chi connectivity index (χ1n) is 6.54. The standard InChI is InChI=1S/C6H7NO.C5H4ClN.C4H8N4/c7-5-2-1-3-6(8)4-5;6-5-3-1-2-4-7-5;1-8-4(6)3(5)2-7-8/h1-4,8H,7H2;1-4H;2H,5-6H2,1H3. The Hall–Kier alpha value is -2.93. The molecule has 122 valence electrons. The lowest BCUT2D eigenvalue weighted by atomic mass is 10.3. The number of aryl methyl sites for hydroxylation is 1. The number of aromatic hydroxyl groups is 1.